The van der Waals surface area contributed by atoms with E-state index in [9.17, 15) is 4.79 Å². The Morgan fingerprint density at radius 2 is 2.09 bits per heavy atom. The van der Waals surface area contributed by atoms with E-state index < -0.39 is 0 Å². The summed E-state index contributed by atoms with van der Waals surface area (Å²) < 4.78 is 0. The average Bonchev–Trinajstić information content (AvgIpc) is 3.04. The van der Waals surface area contributed by atoms with Gasteiger partial charge in [0, 0.05) is 28.1 Å². The van der Waals surface area contributed by atoms with Crippen LogP contribution in [-0.2, 0) is 5.75 Å². The minimum atomic E-state index is -0.000896. The molecule has 0 radical (unpaired) electrons. The molecule has 0 aliphatic rings. The Morgan fingerprint density at radius 3 is 2.82 bits per heavy atom. The fourth-order valence-electron chi connectivity index (χ4n) is 2.09. The quantitative estimate of drug-likeness (QED) is 0.722. The molecule has 1 amide bonds. The van der Waals surface area contributed by atoms with Crippen LogP contribution in [0.1, 0.15) is 29.1 Å². The number of carbonyl (C=O) groups excluding carboxylic acids is 1. The number of thiophene rings is 1. The van der Waals surface area contributed by atoms with Crippen LogP contribution in [0.15, 0.2) is 46.7 Å². The Morgan fingerprint density at radius 1 is 1.27 bits per heavy atom. The van der Waals surface area contributed by atoms with Gasteiger partial charge < -0.3 is 10.6 Å². The molecule has 1 heterocycles. The number of likely N-dealkylation sites (N-methyl/N-ethyl adjacent to an activating group) is 1. The van der Waals surface area contributed by atoms with Crippen molar-refractivity contribution < 1.29 is 4.79 Å². The van der Waals surface area contributed by atoms with Crippen LogP contribution in [0.5, 0.6) is 0 Å². The second-order valence-corrected chi connectivity index (χ2v) is 7.08. The first kappa shape index (κ1) is 17.1. The molecule has 0 bridgehead atoms. The molecular weight excluding hydrogens is 312 g/mol. The van der Waals surface area contributed by atoms with E-state index >= 15 is 0 Å². The molecule has 2 aromatic rings. The molecule has 0 aliphatic carbocycles. The van der Waals surface area contributed by atoms with E-state index in [0.29, 0.717) is 6.54 Å². The van der Waals surface area contributed by atoms with Gasteiger partial charge in [0.25, 0.3) is 5.91 Å². The van der Waals surface area contributed by atoms with Crippen LogP contribution in [0.4, 0.5) is 0 Å². The monoisotopic (exact) mass is 334 g/mol. The fraction of sp³-hybridized carbons (Fsp3) is 0.353. The van der Waals surface area contributed by atoms with Gasteiger partial charge in [-0.3, -0.25) is 4.79 Å². The smallest absolute Gasteiger partial charge is 0.252 e. The number of rotatable bonds is 8. The normalized spacial score (nSPS) is 12.1. The lowest BCUT2D eigenvalue weighted by Gasteiger charge is -2.14. The van der Waals surface area contributed by atoms with E-state index in [1.54, 1.807) is 23.1 Å². The van der Waals surface area contributed by atoms with Gasteiger partial charge >= 0.3 is 0 Å². The molecule has 2 N–H and O–H groups in total. The van der Waals surface area contributed by atoms with Crippen molar-refractivity contribution in [1.29, 1.82) is 0 Å². The first-order chi connectivity index (χ1) is 10.7. The summed E-state index contributed by atoms with van der Waals surface area (Å²) in [6.45, 7) is 5.68. The van der Waals surface area contributed by atoms with E-state index in [1.165, 1.54) is 4.88 Å². The first-order valence-electron chi connectivity index (χ1n) is 7.46. The van der Waals surface area contributed by atoms with E-state index in [2.05, 4.69) is 42.0 Å². The molecule has 3 nitrogen and oxygen atoms in total. The highest BCUT2D eigenvalue weighted by Gasteiger charge is 2.12. The molecule has 1 aromatic carbocycles. The van der Waals surface area contributed by atoms with E-state index in [4.69, 9.17) is 0 Å². The van der Waals surface area contributed by atoms with Gasteiger partial charge in [-0.25, -0.2) is 0 Å². The Kier molecular flexibility index (Phi) is 6.96. The van der Waals surface area contributed by atoms with Crippen molar-refractivity contribution in [1.82, 2.24) is 10.6 Å². The SMILES string of the molecule is CCN[C@H](C)CNC(=O)c1ccccc1SCc1cccs1. The lowest BCUT2D eigenvalue weighted by atomic mass is 10.2. The zero-order valence-corrected chi connectivity index (χ0v) is 14.6. The van der Waals surface area contributed by atoms with Gasteiger partial charge in [0.2, 0.25) is 0 Å². The summed E-state index contributed by atoms with van der Waals surface area (Å²) in [5, 5.41) is 8.38. The Balaban J connectivity index is 1.96. The highest BCUT2D eigenvalue weighted by atomic mass is 32.2. The van der Waals surface area contributed by atoms with E-state index in [0.717, 1.165) is 22.8 Å². The molecule has 22 heavy (non-hydrogen) atoms. The Labute approximate surface area is 140 Å². The minimum absolute atomic E-state index is 0.000896. The van der Waals surface area contributed by atoms with E-state index in [-0.39, 0.29) is 11.9 Å². The summed E-state index contributed by atoms with van der Waals surface area (Å²) in [4.78, 5) is 14.7. The van der Waals surface area contributed by atoms with Crippen LogP contribution < -0.4 is 10.6 Å². The van der Waals surface area contributed by atoms with Crippen molar-refractivity contribution in [3.63, 3.8) is 0 Å². The maximum atomic E-state index is 12.4. The average molecular weight is 335 g/mol. The summed E-state index contributed by atoms with van der Waals surface area (Å²) in [6, 6.07) is 12.3. The third-order valence-electron chi connectivity index (χ3n) is 3.20. The maximum Gasteiger partial charge on any atom is 0.252 e. The first-order valence-corrected chi connectivity index (χ1v) is 9.33. The summed E-state index contributed by atoms with van der Waals surface area (Å²) >= 11 is 3.46. The number of amides is 1. The van der Waals surface area contributed by atoms with Gasteiger partial charge in [0.05, 0.1) is 5.56 Å². The zero-order chi connectivity index (χ0) is 15.8. The molecule has 1 aromatic heterocycles. The number of nitrogens with one attached hydrogen (secondary N) is 2. The topological polar surface area (TPSA) is 41.1 Å². The largest absolute Gasteiger partial charge is 0.350 e. The van der Waals surface area contributed by atoms with Crippen molar-refractivity contribution in [3.8, 4) is 0 Å². The van der Waals surface area contributed by atoms with Crippen LogP contribution in [0.2, 0.25) is 0 Å². The van der Waals surface area contributed by atoms with Crippen molar-refractivity contribution in [2.45, 2.75) is 30.5 Å². The highest BCUT2D eigenvalue weighted by Crippen LogP contribution is 2.27. The minimum Gasteiger partial charge on any atom is -0.350 e. The summed E-state index contributed by atoms with van der Waals surface area (Å²) in [6.07, 6.45) is 0. The van der Waals surface area contributed by atoms with Crippen molar-refractivity contribution in [2.75, 3.05) is 13.1 Å². The van der Waals surface area contributed by atoms with Gasteiger partial charge in [0.1, 0.15) is 0 Å². The summed E-state index contributed by atoms with van der Waals surface area (Å²) in [7, 11) is 0. The van der Waals surface area contributed by atoms with Crippen LogP contribution in [0.25, 0.3) is 0 Å². The molecule has 2 rings (SSSR count). The van der Waals surface area contributed by atoms with Crippen LogP contribution in [0.3, 0.4) is 0 Å². The second-order valence-electron chi connectivity index (χ2n) is 5.03. The van der Waals surface area contributed by atoms with Gasteiger partial charge in [-0.05, 0) is 37.0 Å². The third kappa shape index (κ3) is 5.16. The molecule has 1 atom stereocenters. The van der Waals surface area contributed by atoms with Crippen molar-refractivity contribution in [3.05, 3.63) is 52.2 Å². The second kappa shape index (κ2) is 8.98. The predicted octanol–water partition coefficient (Wildman–Crippen LogP) is 3.77. The molecule has 0 saturated heterocycles. The van der Waals surface area contributed by atoms with Gasteiger partial charge in [-0.15, -0.1) is 23.1 Å². The number of carbonyl (C=O) groups is 1. The van der Waals surface area contributed by atoms with Crippen molar-refractivity contribution in [2.24, 2.45) is 0 Å². The molecule has 0 saturated carbocycles. The predicted molar refractivity (Wildman–Crippen MR) is 95.8 cm³/mol. The third-order valence-corrected chi connectivity index (χ3v) is 5.38. The molecule has 5 heteroatoms. The summed E-state index contributed by atoms with van der Waals surface area (Å²) in [5.41, 5.74) is 0.757. The molecule has 0 spiro atoms. The number of hydrogen-bond donors (Lipinski definition) is 2. The molecule has 118 valence electrons. The molecule has 0 unspecified atom stereocenters. The van der Waals surface area contributed by atoms with Crippen LogP contribution in [0, 0.1) is 0 Å². The molecule has 0 fully saturated rings. The lowest BCUT2D eigenvalue weighted by molar-refractivity contribution is 0.0947. The number of hydrogen-bond acceptors (Lipinski definition) is 4. The Bertz CT molecular complexity index is 584. The van der Waals surface area contributed by atoms with Gasteiger partial charge in [-0.1, -0.05) is 25.1 Å². The lowest BCUT2D eigenvalue weighted by Crippen LogP contribution is -2.38. The van der Waals surface area contributed by atoms with Gasteiger partial charge in [-0.2, -0.15) is 0 Å². The zero-order valence-electron chi connectivity index (χ0n) is 13.0. The number of benzene rings is 1. The Hall–Kier alpha value is -1.30. The van der Waals surface area contributed by atoms with Crippen LogP contribution >= 0.6 is 23.1 Å². The summed E-state index contributed by atoms with van der Waals surface area (Å²) in [5.74, 6) is 0.898. The van der Waals surface area contributed by atoms with Crippen molar-refractivity contribution >= 4 is 29.0 Å². The molecule has 0 aliphatic heterocycles. The van der Waals surface area contributed by atoms with E-state index in [1.807, 2.05) is 24.3 Å². The number of thioether (sulfide) groups is 1. The van der Waals surface area contributed by atoms with Crippen LogP contribution in [-0.4, -0.2) is 25.0 Å². The molecular formula is C17H22N2OS2. The standard InChI is InChI=1S/C17H22N2OS2/c1-3-18-13(2)11-19-17(20)15-8-4-5-9-16(15)22-12-14-7-6-10-21-14/h4-10,13,18H,3,11-12H2,1-2H3,(H,19,20)/t13-/m1/s1. The fourth-order valence-corrected chi connectivity index (χ4v) is 3.91. The maximum absolute atomic E-state index is 12.4. The van der Waals surface area contributed by atoms with Gasteiger partial charge in [0.15, 0.2) is 0 Å². The highest BCUT2D eigenvalue weighted by molar-refractivity contribution is 7.98.